The molecule has 0 atom stereocenters. The lowest BCUT2D eigenvalue weighted by molar-refractivity contribution is -0.136. The van der Waals surface area contributed by atoms with Crippen LogP contribution in [0.25, 0.3) is 6.08 Å². The summed E-state index contributed by atoms with van der Waals surface area (Å²) in [6.07, 6.45) is 4.31. The van der Waals surface area contributed by atoms with Gasteiger partial charge in [0.2, 0.25) is 5.91 Å². The molecule has 5 heteroatoms. The molecule has 1 saturated heterocycles. The zero-order valence-corrected chi connectivity index (χ0v) is 15.2. The smallest absolute Gasteiger partial charge is 0.331 e. The average Bonchev–Trinajstić information content (AvgIpc) is 3.10. The van der Waals surface area contributed by atoms with Gasteiger partial charge >= 0.3 is 5.97 Å². The second-order valence-electron chi connectivity index (χ2n) is 6.48. The topological polar surface area (TPSA) is 63.7 Å². The van der Waals surface area contributed by atoms with Gasteiger partial charge in [0.1, 0.15) is 0 Å². The third-order valence-electron chi connectivity index (χ3n) is 4.35. The van der Waals surface area contributed by atoms with Crippen molar-refractivity contribution in [1.29, 1.82) is 0 Å². The predicted molar refractivity (Wildman–Crippen MR) is 104 cm³/mol. The van der Waals surface area contributed by atoms with E-state index in [1.54, 1.807) is 35.2 Å². The molecule has 1 aliphatic rings. The van der Waals surface area contributed by atoms with Crippen molar-refractivity contribution >= 4 is 29.4 Å². The average molecular weight is 363 g/mol. The molecule has 3 rings (SSSR count). The van der Waals surface area contributed by atoms with E-state index in [2.05, 4.69) is 0 Å². The number of carbonyl (C=O) groups excluding carboxylic acids is 3. The van der Waals surface area contributed by atoms with Crippen molar-refractivity contribution in [3.8, 4) is 0 Å². The molecule has 0 spiro atoms. The summed E-state index contributed by atoms with van der Waals surface area (Å²) in [5.41, 5.74) is 3.11. The number of Topliss-reactive ketones (excluding diaryl/α,β-unsaturated/α-hetero) is 1. The number of benzene rings is 2. The fourth-order valence-corrected chi connectivity index (χ4v) is 2.97. The normalized spacial score (nSPS) is 14.0. The minimum atomic E-state index is -0.573. The highest BCUT2D eigenvalue weighted by Crippen LogP contribution is 2.22. The third kappa shape index (κ3) is 4.91. The van der Waals surface area contributed by atoms with Crippen molar-refractivity contribution in [3.63, 3.8) is 0 Å². The number of anilines is 1. The van der Waals surface area contributed by atoms with Crippen LogP contribution in [0.5, 0.6) is 0 Å². The van der Waals surface area contributed by atoms with E-state index >= 15 is 0 Å². The van der Waals surface area contributed by atoms with E-state index in [1.165, 1.54) is 6.08 Å². The minimum absolute atomic E-state index is 0.0623. The lowest BCUT2D eigenvalue weighted by Gasteiger charge is -2.16. The Morgan fingerprint density at radius 3 is 2.70 bits per heavy atom. The molecular weight excluding hydrogens is 342 g/mol. The summed E-state index contributed by atoms with van der Waals surface area (Å²) in [6.45, 7) is 2.29. The van der Waals surface area contributed by atoms with E-state index in [4.69, 9.17) is 4.74 Å². The Kier molecular flexibility index (Phi) is 5.81. The number of nitrogens with zero attached hydrogens (tertiary/aromatic N) is 1. The summed E-state index contributed by atoms with van der Waals surface area (Å²) in [4.78, 5) is 37.7. The number of ketones is 1. The fourth-order valence-electron chi connectivity index (χ4n) is 2.97. The van der Waals surface area contributed by atoms with Crippen molar-refractivity contribution in [2.75, 3.05) is 18.1 Å². The molecule has 2 aromatic carbocycles. The highest BCUT2D eigenvalue weighted by Gasteiger charge is 2.22. The summed E-state index contributed by atoms with van der Waals surface area (Å²) < 4.78 is 5.04. The lowest BCUT2D eigenvalue weighted by Crippen LogP contribution is -2.24. The zero-order chi connectivity index (χ0) is 19.2. The Balaban J connectivity index is 1.57. The van der Waals surface area contributed by atoms with Gasteiger partial charge in [-0.15, -0.1) is 0 Å². The molecule has 0 radical (unpaired) electrons. The second-order valence-corrected chi connectivity index (χ2v) is 6.48. The van der Waals surface area contributed by atoms with Gasteiger partial charge in [0.15, 0.2) is 12.4 Å². The van der Waals surface area contributed by atoms with Crippen LogP contribution in [-0.4, -0.2) is 30.8 Å². The predicted octanol–water partition coefficient (Wildman–Crippen LogP) is 3.56. The molecule has 0 saturated carbocycles. The van der Waals surface area contributed by atoms with Crippen LogP contribution in [0.2, 0.25) is 0 Å². The number of carbonyl (C=O) groups is 3. The molecule has 2 aromatic rings. The van der Waals surface area contributed by atoms with Gasteiger partial charge in [-0.25, -0.2) is 4.79 Å². The molecule has 5 nitrogen and oxygen atoms in total. The van der Waals surface area contributed by atoms with Crippen LogP contribution < -0.4 is 4.90 Å². The lowest BCUT2D eigenvalue weighted by atomic mass is 10.1. The van der Waals surface area contributed by atoms with Crippen LogP contribution >= 0.6 is 0 Å². The number of rotatable bonds is 6. The van der Waals surface area contributed by atoms with E-state index in [0.717, 1.165) is 17.5 Å². The van der Waals surface area contributed by atoms with Crippen molar-refractivity contribution in [1.82, 2.24) is 0 Å². The minimum Gasteiger partial charge on any atom is -0.454 e. The first-order valence-corrected chi connectivity index (χ1v) is 8.88. The van der Waals surface area contributed by atoms with E-state index in [1.807, 2.05) is 31.2 Å². The van der Waals surface area contributed by atoms with E-state index < -0.39 is 5.97 Å². The monoisotopic (exact) mass is 363 g/mol. The fraction of sp³-hybridized carbons (Fsp3) is 0.227. The molecule has 0 bridgehead atoms. The van der Waals surface area contributed by atoms with E-state index in [9.17, 15) is 14.4 Å². The van der Waals surface area contributed by atoms with E-state index in [0.29, 0.717) is 24.2 Å². The molecule has 0 unspecified atom stereocenters. The van der Waals surface area contributed by atoms with Gasteiger partial charge in [0.05, 0.1) is 0 Å². The number of esters is 1. The Morgan fingerprint density at radius 1 is 1.15 bits per heavy atom. The molecule has 0 aromatic heterocycles. The van der Waals surface area contributed by atoms with Gasteiger partial charge in [-0.1, -0.05) is 42.0 Å². The Hall–Kier alpha value is -3.21. The Labute approximate surface area is 158 Å². The van der Waals surface area contributed by atoms with Crippen LogP contribution in [-0.2, 0) is 14.3 Å². The van der Waals surface area contributed by atoms with Gasteiger partial charge in [-0.3, -0.25) is 9.59 Å². The molecule has 138 valence electrons. The third-order valence-corrected chi connectivity index (χ3v) is 4.35. The van der Waals surface area contributed by atoms with Gasteiger partial charge in [-0.05, 0) is 37.1 Å². The summed E-state index contributed by atoms with van der Waals surface area (Å²) in [5, 5.41) is 0. The van der Waals surface area contributed by atoms with Crippen molar-refractivity contribution in [2.24, 2.45) is 0 Å². The van der Waals surface area contributed by atoms with Crippen LogP contribution in [0.1, 0.15) is 34.3 Å². The van der Waals surface area contributed by atoms with Gasteiger partial charge in [0, 0.05) is 30.3 Å². The Bertz CT molecular complexity index is 901. The maximum Gasteiger partial charge on any atom is 0.331 e. The number of ether oxygens (including phenoxy) is 1. The summed E-state index contributed by atoms with van der Waals surface area (Å²) in [6, 6.07) is 14.6. The highest BCUT2D eigenvalue weighted by molar-refractivity contribution is 6.01. The standard InChI is InChI=1S/C22H21NO4/c1-16-5-2-6-17(13-16)10-11-22(26)27-15-20(24)18-7-3-8-19(14-18)23-12-4-9-21(23)25/h2-3,5-8,10-11,13-14H,4,9,12,15H2,1H3/b11-10+. The highest BCUT2D eigenvalue weighted by atomic mass is 16.5. The zero-order valence-electron chi connectivity index (χ0n) is 15.2. The van der Waals surface area contributed by atoms with Crippen LogP contribution in [0, 0.1) is 6.92 Å². The molecule has 1 fully saturated rings. The van der Waals surface area contributed by atoms with Crippen molar-refractivity contribution in [3.05, 3.63) is 71.3 Å². The molecule has 1 amide bonds. The summed E-state index contributed by atoms with van der Waals surface area (Å²) in [5.74, 6) is -0.816. The Morgan fingerprint density at radius 2 is 1.96 bits per heavy atom. The largest absolute Gasteiger partial charge is 0.454 e. The first-order chi connectivity index (χ1) is 13.0. The number of hydrogen-bond acceptors (Lipinski definition) is 4. The van der Waals surface area contributed by atoms with Crippen LogP contribution in [0.15, 0.2) is 54.6 Å². The second kappa shape index (κ2) is 8.45. The molecular formula is C22H21NO4. The van der Waals surface area contributed by atoms with Gasteiger partial charge in [0.25, 0.3) is 0 Å². The van der Waals surface area contributed by atoms with Crippen molar-refractivity contribution < 1.29 is 19.1 Å². The molecule has 0 N–H and O–H groups in total. The molecule has 1 heterocycles. The van der Waals surface area contributed by atoms with Gasteiger partial charge in [-0.2, -0.15) is 0 Å². The molecule has 27 heavy (non-hydrogen) atoms. The molecule has 1 aliphatic heterocycles. The SMILES string of the molecule is Cc1cccc(/C=C/C(=O)OCC(=O)c2cccc(N3CCCC3=O)c2)c1. The first-order valence-electron chi connectivity index (χ1n) is 8.88. The number of aryl methyl sites for hydroxylation is 1. The maximum absolute atomic E-state index is 12.3. The summed E-state index contributed by atoms with van der Waals surface area (Å²) in [7, 11) is 0. The van der Waals surface area contributed by atoms with E-state index in [-0.39, 0.29) is 18.3 Å². The van der Waals surface area contributed by atoms with Crippen molar-refractivity contribution in [2.45, 2.75) is 19.8 Å². The first kappa shape index (κ1) is 18.6. The van der Waals surface area contributed by atoms with Crippen LogP contribution in [0.4, 0.5) is 5.69 Å². The van der Waals surface area contributed by atoms with Crippen LogP contribution in [0.3, 0.4) is 0 Å². The molecule has 0 aliphatic carbocycles. The summed E-state index contributed by atoms with van der Waals surface area (Å²) >= 11 is 0. The quantitative estimate of drug-likeness (QED) is 0.447. The maximum atomic E-state index is 12.3. The number of hydrogen-bond donors (Lipinski definition) is 0. The number of amides is 1. The van der Waals surface area contributed by atoms with Gasteiger partial charge < -0.3 is 9.64 Å².